The number of rotatable bonds is 5. The van der Waals surface area contributed by atoms with Gasteiger partial charge in [-0.3, -0.25) is 4.99 Å². The van der Waals surface area contributed by atoms with Crippen LogP contribution in [0.3, 0.4) is 0 Å². The Hall–Kier alpha value is -0.980. The summed E-state index contributed by atoms with van der Waals surface area (Å²) in [6.07, 6.45) is 7.89. The molecule has 0 aromatic heterocycles. The normalized spacial score (nSPS) is 19.1. The first-order valence-electron chi connectivity index (χ1n) is 9.41. The van der Waals surface area contributed by atoms with Crippen LogP contribution in [0, 0.1) is 5.41 Å². The first-order valence-corrected chi connectivity index (χ1v) is 9.41. The van der Waals surface area contributed by atoms with Gasteiger partial charge in [0.25, 0.3) is 0 Å². The van der Waals surface area contributed by atoms with E-state index in [2.05, 4.69) is 29.3 Å². The van der Waals surface area contributed by atoms with E-state index in [1.54, 1.807) is 7.11 Å². The highest BCUT2D eigenvalue weighted by Gasteiger charge is 2.41. The number of para-hydroxylation sites is 1. The molecule has 25 heavy (non-hydrogen) atoms. The van der Waals surface area contributed by atoms with E-state index in [1.165, 1.54) is 44.2 Å². The van der Waals surface area contributed by atoms with E-state index in [-0.39, 0.29) is 24.0 Å². The molecule has 0 atom stereocenters. The highest BCUT2D eigenvalue weighted by Crippen LogP contribution is 2.45. The van der Waals surface area contributed by atoms with Gasteiger partial charge in [-0.05, 0) is 49.7 Å². The topological polar surface area (TPSA) is 36.9 Å². The number of hydrogen-bond acceptors (Lipinski definition) is 2. The quantitative estimate of drug-likeness (QED) is 0.411. The van der Waals surface area contributed by atoms with E-state index < -0.39 is 0 Å². The monoisotopic (exact) mass is 457 g/mol. The van der Waals surface area contributed by atoms with Crippen molar-refractivity contribution in [3.63, 3.8) is 0 Å². The fourth-order valence-electron chi connectivity index (χ4n) is 4.27. The molecule has 3 rings (SSSR count). The van der Waals surface area contributed by atoms with Gasteiger partial charge >= 0.3 is 0 Å². The van der Waals surface area contributed by atoms with Crippen molar-refractivity contribution in [1.82, 2.24) is 10.2 Å². The van der Waals surface area contributed by atoms with Crippen LogP contribution in [0.15, 0.2) is 29.3 Å². The Kier molecular flexibility index (Phi) is 7.84. The summed E-state index contributed by atoms with van der Waals surface area (Å²) >= 11 is 0. The Morgan fingerprint density at radius 3 is 2.72 bits per heavy atom. The van der Waals surface area contributed by atoms with Gasteiger partial charge in [0, 0.05) is 26.2 Å². The van der Waals surface area contributed by atoms with Crippen LogP contribution >= 0.6 is 24.0 Å². The van der Waals surface area contributed by atoms with Crippen molar-refractivity contribution in [3.05, 3.63) is 29.8 Å². The van der Waals surface area contributed by atoms with E-state index in [0.717, 1.165) is 37.8 Å². The van der Waals surface area contributed by atoms with Gasteiger partial charge in [-0.25, -0.2) is 0 Å². The molecule has 2 fully saturated rings. The number of ether oxygens (including phenoxy) is 1. The van der Waals surface area contributed by atoms with Gasteiger partial charge in [-0.15, -0.1) is 24.0 Å². The number of nitrogens with one attached hydrogen (secondary N) is 1. The Morgan fingerprint density at radius 1 is 1.24 bits per heavy atom. The van der Waals surface area contributed by atoms with Crippen molar-refractivity contribution in [2.24, 2.45) is 10.4 Å². The van der Waals surface area contributed by atoms with Gasteiger partial charge in [0.15, 0.2) is 5.96 Å². The van der Waals surface area contributed by atoms with Gasteiger partial charge < -0.3 is 15.0 Å². The summed E-state index contributed by atoms with van der Waals surface area (Å²) in [6, 6.07) is 8.23. The second-order valence-corrected chi connectivity index (χ2v) is 7.18. The summed E-state index contributed by atoms with van der Waals surface area (Å²) in [5.41, 5.74) is 1.81. The molecule has 0 bridgehead atoms. The third kappa shape index (κ3) is 5.02. The molecule has 140 valence electrons. The summed E-state index contributed by atoms with van der Waals surface area (Å²) in [7, 11) is 1.73. The van der Waals surface area contributed by atoms with E-state index in [1.807, 2.05) is 12.1 Å². The van der Waals surface area contributed by atoms with Crippen LogP contribution in [0.1, 0.15) is 44.6 Å². The summed E-state index contributed by atoms with van der Waals surface area (Å²) in [6.45, 7) is 6.22. The van der Waals surface area contributed by atoms with Gasteiger partial charge in [0.05, 0.1) is 7.11 Å². The number of nitrogens with zero attached hydrogens (tertiary/aromatic N) is 2. The molecule has 0 radical (unpaired) electrons. The summed E-state index contributed by atoms with van der Waals surface area (Å²) in [4.78, 5) is 7.38. The van der Waals surface area contributed by atoms with E-state index in [0.29, 0.717) is 5.41 Å². The maximum Gasteiger partial charge on any atom is 0.193 e. The molecule has 1 saturated carbocycles. The highest BCUT2D eigenvalue weighted by atomic mass is 127. The summed E-state index contributed by atoms with van der Waals surface area (Å²) in [5.74, 6) is 2.06. The van der Waals surface area contributed by atoms with Crippen LogP contribution < -0.4 is 10.1 Å². The zero-order valence-corrected chi connectivity index (χ0v) is 17.9. The summed E-state index contributed by atoms with van der Waals surface area (Å²) in [5, 5.41) is 3.49. The molecule has 1 aliphatic carbocycles. The largest absolute Gasteiger partial charge is 0.496 e. The SMILES string of the molecule is CCNC(=NCCc1ccccc1OC)N1CCC2(CCCC2)C1.I. The molecular formula is C20H32IN3O. The number of benzene rings is 1. The second-order valence-electron chi connectivity index (χ2n) is 7.18. The van der Waals surface area contributed by atoms with Crippen molar-refractivity contribution in [3.8, 4) is 5.75 Å². The zero-order chi connectivity index (χ0) is 16.8. The maximum atomic E-state index is 5.44. The standard InChI is InChI=1S/C20H31N3O.HI/c1-3-21-19(23-15-13-20(16-23)11-6-7-12-20)22-14-10-17-8-4-5-9-18(17)24-2;/h4-5,8-9H,3,6-7,10-16H2,1-2H3,(H,21,22);1H. The van der Waals surface area contributed by atoms with Gasteiger partial charge in [-0.2, -0.15) is 0 Å². The highest BCUT2D eigenvalue weighted by molar-refractivity contribution is 14.0. The van der Waals surface area contributed by atoms with Crippen molar-refractivity contribution < 1.29 is 4.74 Å². The van der Waals surface area contributed by atoms with E-state index in [4.69, 9.17) is 9.73 Å². The molecule has 1 saturated heterocycles. The maximum absolute atomic E-state index is 5.44. The number of halogens is 1. The summed E-state index contributed by atoms with van der Waals surface area (Å²) < 4.78 is 5.44. The molecule has 2 aliphatic rings. The molecule has 1 aliphatic heterocycles. The van der Waals surface area contributed by atoms with Crippen LogP contribution in [-0.2, 0) is 6.42 Å². The molecule has 4 nitrogen and oxygen atoms in total. The lowest BCUT2D eigenvalue weighted by Crippen LogP contribution is -2.41. The molecule has 5 heteroatoms. The van der Waals surface area contributed by atoms with Gasteiger partial charge in [-0.1, -0.05) is 31.0 Å². The lowest BCUT2D eigenvalue weighted by atomic mass is 9.86. The van der Waals surface area contributed by atoms with Gasteiger partial charge in [0.1, 0.15) is 5.75 Å². The number of likely N-dealkylation sites (tertiary alicyclic amines) is 1. The molecule has 1 heterocycles. The minimum atomic E-state index is 0. The molecule has 1 aromatic rings. The minimum absolute atomic E-state index is 0. The van der Waals surface area contributed by atoms with Crippen molar-refractivity contribution in [1.29, 1.82) is 0 Å². The van der Waals surface area contributed by atoms with Crippen molar-refractivity contribution in [2.45, 2.75) is 45.4 Å². The smallest absolute Gasteiger partial charge is 0.193 e. The van der Waals surface area contributed by atoms with Crippen LogP contribution in [-0.4, -0.2) is 44.1 Å². The molecule has 1 spiro atoms. The van der Waals surface area contributed by atoms with E-state index in [9.17, 15) is 0 Å². The Morgan fingerprint density at radius 2 is 2.00 bits per heavy atom. The fraction of sp³-hybridized carbons (Fsp3) is 0.650. The lowest BCUT2D eigenvalue weighted by molar-refractivity contribution is 0.309. The molecule has 1 aromatic carbocycles. The van der Waals surface area contributed by atoms with Crippen molar-refractivity contribution in [2.75, 3.05) is 33.3 Å². The fourth-order valence-corrected chi connectivity index (χ4v) is 4.27. The van der Waals surface area contributed by atoms with Crippen LogP contribution in [0.4, 0.5) is 0 Å². The number of methoxy groups -OCH3 is 1. The lowest BCUT2D eigenvalue weighted by Gasteiger charge is -2.26. The Bertz CT molecular complexity index is 570. The predicted molar refractivity (Wildman–Crippen MR) is 115 cm³/mol. The average Bonchev–Trinajstić information content (AvgIpc) is 3.25. The Balaban J connectivity index is 0.00000225. The molecule has 0 amide bonds. The predicted octanol–water partition coefficient (Wildman–Crippen LogP) is 4.09. The van der Waals surface area contributed by atoms with Crippen LogP contribution in [0.2, 0.25) is 0 Å². The van der Waals surface area contributed by atoms with E-state index >= 15 is 0 Å². The van der Waals surface area contributed by atoms with Crippen LogP contribution in [0.25, 0.3) is 0 Å². The van der Waals surface area contributed by atoms with Crippen LogP contribution in [0.5, 0.6) is 5.75 Å². The third-order valence-corrected chi connectivity index (χ3v) is 5.57. The molecular weight excluding hydrogens is 425 g/mol. The number of aliphatic imine (C=N–C) groups is 1. The zero-order valence-electron chi connectivity index (χ0n) is 15.6. The first-order chi connectivity index (χ1) is 11.8. The minimum Gasteiger partial charge on any atom is -0.496 e. The number of hydrogen-bond donors (Lipinski definition) is 1. The number of guanidine groups is 1. The molecule has 1 N–H and O–H groups in total. The van der Waals surface area contributed by atoms with Crippen molar-refractivity contribution >= 4 is 29.9 Å². The third-order valence-electron chi connectivity index (χ3n) is 5.57. The molecule has 0 unspecified atom stereocenters. The second kappa shape index (κ2) is 9.64. The first kappa shape index (κ1) is 20.3. The Labute approximate surface area is 169 Å². The average molecular weight is 457 g/mol. The van der Waals surface area contributed by atoms with Gasteiger partial charge in [0.2, 0.25) is 0 Å².